The number of para-hydroxylation sites is 1. The van der Waals surface area contributed by atoms with Gasteiger partial charge < -0.3 is 14.8 Å². The second kappa shape index (κ2) is 10.5. The number of benzene rings is 2. The number of hydrogen-bond donors (Lipinski definition) is 1. The molecular weight excluding hydrogens is 366 g/mol. The molecule has 0 saturated carbocycles. The van der Waals surface area contributed by atoms with Crippen molar-refractivity contribution >= 4 is 23.6 Å². The van der Waals surface area contributed by atoms with Crippen molar-refractivity contribution in [1.82, 2.24) is 0 Å². The molecule has 29 heavy (non-hydrogen) atoms. The Kier molecular flexibility index (Phi) is 8.01. The molecule has 0 aliphatic carbocycles. The van der Waals surface area contributed by atoms with Crippen molar-refractivity contribution in [2.24, 2.45) is 0 Å². The molecule has 154 valence electrons. The summed E-state index contributed by atoms with van der Waals surface area (Å²) in [5.74, 6) is 0.338. The van der Waals surface area contributed by atoms with Crippen molar-refractivity contribution in [1.29, 1.82) is 0 Å². The van der Waals surface area contributed by atoms with Crippen molar-refractivity contribution in [3.05, 3.63) is 65.2 Å². The van der Waals surface area contributed by atoms with Gasteiger partial charge in [-0.25, -0.2) is 4.79 Å². The largest absolute Gasteiger partial charge is 0.497 e. The van der Waals surface area contributed by atoms with Gasteiger partial charge in [-0.05, 0) is 46.7 Å². The Hall–Kier alpha value is -3.08. The molecule has 0 unspecified atom stereocenters. The summed E-state index contributed by atoms with van der Waals surface area (Å²) >= 11 is 0. The van der Waals surface area contributed by atoms with Crippen molar-refractivity contribution in [2.45, 2.75) is 39.5 Å². The van der Waals surface area contributed by atoms with Crippen LogP contribution in [0.1, 0.15) is 56.2 Å². The van der Waals surface area contributed by atoms with E-state index in [-0.39, 0.29) is 24.3 Å². The minimum absolute atomic E-state index is 0.263. The molecule has 0 radical (unpaired) electrons. The molecule has 0 spiro atoms. The van der Waals surface area contributed by atoms with Crippen LogP contribution in [0.4, 0.5) is 5.69 Å². The number of nitrogens with one attached hydrogen (secondary N) is 1. The van der Waals surface area contributed by atoms with Crippen LogP contribution in [0, 0.1) is 0 Å². The van der Waals surface area contributed by atoms with E-state index in [4.69, 9.17) is 9.47 Å². The fraction of sp³-hybridized carbons (Fsp3) is 0.333. The molecule has 5 heteroatoms. The third kappa shape index (κ3) is 6.49. The Balaban J connectivity index is 1.97. The minimum atomic E-state index is -0.572. The molecule has 0 aromatic heterocycles. The summed E-state index contributed by atoms with van der Waals surface area (Å²) in [4.78, 5) is 24.3. The van der Waals surface area contributed by atoms with Crippen LogP contribution in [0.25, 0.3) is 6.08 Å². The van der Waals surface area contributed by atoms with E-state index >= 15 is 0 Å². The number of hydrogen-bond acceptors (Lipinski definition) is 4. The summed E-state index contributed by atoms with van der Waals surface area (Å²) in [5, 5.41) is 2.93. The normalized spacial score (nSPS) is 11.1. The summed E-state index contributed by atoms with van der Waals surface area (Å²) in [5.41, 5.74) is 3.78. The Bertz CT molecular complexity index is 841. The molecule has 0 aliphatic heterocycles. The smallest absolute Gasteiger partial charge is 0.331 e. The molecule has 1 amide bonds. The Labute approximate surface area is 172 Å². The van der Waals surface area contributed by atoms with Crippen molar-refractivity contribution in [3.8, 4) is 5.75 Å². The predicted octanol–water partition coefficient (Wildman–Crippen LogP) is 5.14. The second-order valence-electron chi connectivity index (χ2n) is 7.38. The number of methoxy groups -OCH3 is 1. The van der Waals surface area contributed by atoms with Gasteiger partial charge in [0.2, 0.25) is 0 Å². The van der Waals surface area contributed by atoms with Crippen LogP contribution in [0.5, 0.6) is 5.75 Å². The summed E-state index contributed by atoms with van der Waals surface area (Å²) in [6.07, 6.45) is 2.93. The zero-order valence-corrected chi connectivity index (χ0v) is 17.7. The summed E-state index contributed by atoms with van der Waals surface area (Å²) in [7, 11) is 1.59. The van der Waals surface area contributed by atoms with E-state index in [2.05, 4.69) is 33.0 Å². The van der Waals surface area contributed by atoms with E-state index in [0.29, 0.717) is 0 Å². The molecule has 5 nitrogen and oxygen atoms in total. The van der Waals surface area contributed by atoms with Gasteiger partial charge in [-0.15, -0.1) is 0 Å². The fourth-order valence-electron chi connectivity index (χ4n) is 2.93. The Morgan fingerprint density at radius 3 is 2.07 bits per heavy atom. The number of esters is 1. The lowest BCUT2D eigenvalue weighted by Crippen LogP contribution is -2.22. The molecular formula is C24H29NO4. The first-order valence-electron chi connectivity index (χ1n) is 9.73. The molecule has 0 aliphatic rings. The molecule has 0 heterocycles. The summed E-state index contributed by atoms with van der Waals surface area (Å²) < 4.78 is 10.2. The highest BCUT2D eigenvalue weighted by Crippen LogP contribution is 2.32. The quantitative estimate of drug-likeness (QED) is 0.497. The van der Waals surface area contributed by atoms with E-state index in [1.165, 1.54) is 6.08 Å². The molecule has 0 fully saturated rings. The van der Waals surface area contributed by atoms with Gasteiger partial charge in [0, 0.05) is 11.8 Å². The maximum atomic E-state index is 12.4. The van der Waals surface area contributed by atoms with E-state index in [1.807, 2.05) is 30.3 Å². The van der Waals surface area contributed by atoms with E-state index < -0.39 is 5.97 Å². The topological polar surface area (TPSA) is 64.6 Å². The highest BCUT2D eigenvalue weighted by Gasteiger charge is 2.16. The third-order valence-electron chi connectivity index (χ3n) is 4.51. The van der Waals surface area contributed by atoms with Crippen molar-refractivity contribution < 1.29 is 19.1 Å². The first-order valence-corrected chi connectivity index (χ1v) is 9.73. The highest BCUT2D eigenvalue weighted by atomic mass is 16.5. The molecule has 0 bridgehead atoms. The molecule has 2 rings (SSSR count). The van der Waals surface area contributed by atoms with Crippen LogP contribution in [0.2, 0.25) is 0 Å². The Morgan fingerprint density at radius 1 is 0.966 bits per heavy atom. The second-order valence-corrected chi connectivity index (χ2v) is 7.38. The monoisotopic (exact) mass is 395 g/mol. The lowest BCUT2D eigenvalue weighted by molar-refractivity contribution is -0.142. The SMILES string of the molecule is COc1ccc(C=CC(=O)OCC(=O)Nc2c(C(C)C)cccc2C(C)C)cc1. The van der Waals surface area contributed by atoms with Crippen LogP contribution >= 0.6 is 0 Å². The predicted molar refractivity (Wildman–Crippen MR) is 116 cm³/mol. The molecule has 1 N–H and O–H groups in total. The van der Waals surface area contributed by atoms with Gasteiger partial charge in [0.15, 0.2) is 6.61 Å². The lowest BCUT2D eigenvalue weighted by Gasteiger charge is -2.20. The van der Waals surface area contributed by atoms with Gasteiger partial charge in [0.25, 0.3) is 5.91 Å². The maximum Gasteiger partial charge on any atom is 0.331 e. The maximum absolute atomic E-state index is 12.4. The number of carbonyl (C=O) groups is 2. The van der Waals surface area contributed by atoms with Gasteiger partial charge >= 0.3 is 5.97 Å². The van der Waals surface area contributed by atoms with E-state index in [0.717, 1.165) is 28.1 Å². The standard InChI is InChI=1S/C24H29NO4/c1-16(2)20-7-6-8-21(17(3)4)24(20)25-22(26)15-29-23(27)14-11-18-9-12-19(28-5)13-10-18/h6-14,16-17H,15H2,1-5H3,(H,25,26). The number of ether oxygens (including phenoxy) is 2. The lowest BCUT2D eigenvalue weighted by atomic mass is 9.92. The van der Waals surface area contributed by atoms with Crippen molar-refractivity contribution in [2.75, 3.05) is 19.0 Å². The molecule has 2 aromatic rings. The highest BCUT2D eigenvalue weighted by molar-refractivity contribution is 5.96. The van der Waals surface area contributed by atoms with Gasteiger partial charge in [0.1, 0.15) is 5.75 Å². The first kappa shape index (κ1) is 22.2. The van der Waals surface area contributed by atoms with Gasteiger partial charge in [-0.3, -0.25) is 4.79 Å². The zero-order valence-electron chi connectivity index (χ0n) is 17.7. The number of rotatable bonds is 8. The molecule has 0 saturated heterocycles. The van der Waals surface area contributed by atoms with Gasteiger partial charge in [-0.1, -0.05) is 58.0 Å². The third-order valence-corrected chi connectivity index (χ3v) is 4.51. The van der Waals surface area contributed by atoms with Crippen LogP contribution in [0.15, 0.2) is 48.5 Å². The number of anilines is 1. The average Bonchev–Trinajstić information content (AvgIpc) is 2.70. The summed E-state index contributed by atoms with van der Waals surface area (Å²) in [6, 6.07) is 13.3. The number of amides is 1. The van der Waals surface area contributed by atoms with Crippen LogP contribution in [-0.4, -0.2) is 25.6 Å². The average molecular weight is 395 g/mol. The van der Waals surface area contributed by atoms with E-state index in [9.17, 15) is 9.59 Å². The fourth-order valence-corrected chi connectivity index (χ4v) is 2.93. The molecule has 2 aromatic carbocycles. The first-order chi connectivity index (χ1) is 13.8. The Morgan fingerprint density at radius 2 is 1.55 bits per heavy atom. The van der Waals surface area contributed by atoms with Crippen molar-refractivity contribution in [3.63, 3.8) is 0 Å². The van der Waals surface area contributed by atoms with Gasteiger partial charge in [-0.2, -0.15) is 0 Å². The number of carbonyl (C=O) groups excluding carboxylic acids is 2. The van der Waals surface area contributed by atoms with E-state index in [1.54, 1.807) is 25.3 Å². The zero-order chi connectivity index (χ0) is 21.4. The summed E-state index contributed by atoms with van der Waals surface area (Å²) in [6.45, 7) is 7.99. The van der Waals surface area contributed by atoms with Gasteiger partial charge in [0.05, 0.1) is 7.11 Å². The van der Waals surface area contributed by atoms with Crippen LogP contribution < -0.4 is 10.1 Å². The molecule has 0 atom stereocenters. The van der Waals surface area contributed by atoms with Crippen LogP contribution in [0.3, 0.4) is 0 Å². The minimum Gasteiger partial charge on any atom is -0.497 e. The van der Waals surface area contributed by atoms with Crippen LogP contribution in [-0.2, 0) is 14.3 Å².